The number of hydrogen-bond donors (Lipinski definition) is 0. The molecule has 5 nitrogen and oxygen atoms in total. The molecule has 6 heteroatoms. The summed E-state index contributed by atoms with van der Waals surface area (Å²) in [6.45, 7) is 4.46. The van der Waals surface area contributed by atoms with Gasteiger partial charge in [0.15, 0.2) is 0 Å². The van der Waals surface area contributed by atoms with E-state index in [9.17, 15) is 0 Å². The number of rotatable bonds is 8. The van der Waals surface area contributed by atoms with Crippen LogP contribution in [0.4, 0.5) is 0 Å². The van der Waals surface area contributed by atoms with E-state index in [4.69, 9.17) is 31.5 Å². The maximum absolute atomic E-state index is 5.99. The van der Waals surface area contributed by atoms with E-state index < -0.39 is 6.00 Å². The molecule has 0 spiro atoms. The smallest absolute Gasteiger partial charge is 0.113 e. The third-order valence-corrected chi connectivity index (χ3v) is 3.55. The molecular formula is C13H25BO5. The van der Waals surface area contributed by atoms with Crippen LogP contribution in [-0.4, -0.2) is 72.3 Å². The zero-order valence-corrected chi connectivity index (χ0v) is 12.5. The fraction of sp³-hybridized carbons (Fsp3) is 1.00. The highest BCUT2D eigenvalue weighted by Crippen LogP contribution is 2.27. The summed E-state index contributed by atoms with van der Waals surface area (Å²) in [5, 5.41) is 0. The minimum absolute atomic E-state index is 0.0335. The summed E-state index contributed by atoms with van der Waals surface area (Å²) in [6, 6.07) is -0.512. The molecule has 1 aliphatic heterocycles. The lowest BCUT2D eigenvalue weighted by atomic mass is 9.92. The van der Waals surface area contributed by atoms with E-state index in [-0.39, 0.29) is 30.5 Å². The Bertz CT molecular complexity index is 249. The fourth-order valence-electron chi connectivity index (χ4n) is 2.52. The van der Waals surface area contributed by atoms with Crippen LogP contribution in [0.1, 0.15) is 20.3 Å². The fourth-order valence-corrected chi connectivity index (χ4v) is 2.52. The van der Waals surface area contributed by atoms with Gasteiger partial charge in [0.2, 0.25) is 0 Å². The van der Waals surface area contributed by atoms with Crippen LogP contribution in [0.15, 0.2) is 0 Å². The molecule has 1 fully saturated rings. The Labute approximate surface area is 117 Å². The van der Waals surface area contributed by atoms with Gasteiger partial charge in [0.25, 0.3) is 0 Å². The van der Waals surface area contributed by atoms with Gasteiger partial charge < -0.3 is 23.7 Å². The van der Waals surface area contributed by atoms with E-state index in [2.05, 4.69) is 6.92 Å². The second-order valence-electron chi connectivity index (χ2n) is 4.78. The molecule has 2 radical (unpaired) electrons. The van der Waals surface area contributed by atoms with Crippen LogP contribution in [-0.2, 0) is 23.7 Å². The molecule has 1 aliphatic rings. The molecule has 1 unspecified atom stereocenters. The molecule has 0 N–H and O–H groups in total. The summed E-state index contributed by atoms with van der Waals surface area (Å²) in [7, 11) is 10.9. The maximum Gasteiger partial charge on any atom is 0.113 e. The number of ether oxygens (including phenoxy) is 5. The summed E-state index contributed by atoms with van der Waals surface area (Å²) in [5.41, 5.74) is 0. The van der Waals surface area contributed by atoms with Gasteiger partial charge in [-0.05, 0) is 13.3 Å². The van der Waals surface area contributed by atoms with Gasteiger partial charge >= 0.3 is 0 Å². The maximum atomic E-state index is 5.99. The molecule has 0 aromatic carbocycles. The van der Waals surface area contributed by atoms with Crippen LogP contribution in [0, 0.1) is 0 Å². The van der Waals surface area contributed by atoms with Crippen LogP contribution in [0.25, 0.3) is 0 Å². The van der Waals surface area contributed by atoms with E-state index in [0.29, 0.717) is 6.61 Å². The Morgan fingerprint density at radius 1 is 1.21 bits per heavy atom. The van der Waals surface area contributed by atoms with Gasteiger partial charge in [0.1, 0.15) is 26.2 Å². The molecule has 0 aliphatic carbocycles. The van der Waals surface area contributed by atoms with Gasteiger partial charge in [0, 0.05) is 27.3 Å². The van der Waals surface area contributed by atoms with E-state index in [0.717, 1.165) is 6.42 Å². The summed E-state index contributed by atoms with van der Waals surface area (Å²) in [4.78, 5) is 0. The predicted molar refractivity (Wildman–Crippen MR) is 72.5 cm³/mol. The molecule has 1 rings (SSSR count). The van der Waals surface area contributed by atoms with Crippen LogP contribution in [0.2, 0.25) is 0 Å². The first-order chi connectivity index (χ1) is 9.08. The Balaban J connectivity index is 2.64. The molecule has 19 heavy (non-hydrogen) atoms. The first kappa shape index (κ1) is 16.9. The zero-order chi connectivity index (χ0) is 14.4. The second-order valence-corrected chi connectivity index (χ2v) is 4.78. The van der Waals surface area contributed by atoms with Crippen molar-refractivity contribution >= 4 is 7.85 Å². The molecule has 0 amide bonds. The minimum atomic E-state index is -0.512. The molecular weight excluding hydrogens is 247 g/mol. The third kappa shape index (κ3) is 4.16. The lowest BCUT2D eigenvalue weighted by Gasteiger charge is -2.29. The first-order valence-corrected chi connectivity index (χ1v) is 6.70. The average molecular weight is 272 g/mol. The van der Waals surface area contributed by atoms with E-state index in [1.807, 2.05) is 6.92 Å². The topological polar surface area (TPSA) is 46.2 Å². The Hall–Kier alpha value is -0.135. The first-order valence-electron chi connectivity index (χ1n) is 6.70. The second kappa shape index (κ2) is 8.22. The van der Waals surface area contributed by atoms with Crippen molar-refractivity contribution in [3.05, 3.63) is 0 Å². The van der Waals surface area contributed by atoms with Crippen molar-refractivity contribution in [3.63, 3.8) is 0 Å². The van der Waals surface area contributed by atoms with Gasteiger partial charge in [-0.25, -0.2) is 0 Å². The van der Waals surface area contributed by atoms with Crippen molar-refractivity contribution < 1.29 is 23.7 Å². The van der Waals surface area contributed by atoms with E-state index in [1.54, 1.807) is 21.3 Å². The molecule has 0 aromatic rings. The summed E-state index contributed by atoms with van der Waals surface area (Å²) < 4.78 is 27.6. The molecule has 0 aromatic heterocycles. The summed E-state index contributed by atoms with van der Waals surface area (Å²) >= 11 is 0. The molecule has 0 bridgehead atoms. The standard InChI is InChI=1S/C13H25BO5/c1-6-9(16-4)8(2)18-12-11(17-5)10(7-15-3)19-13(12)14/h8-13H,6-7H2,1-5H3/t8-,9+,10+,11?,12-,13+/m0/s1. The molecule has 6 atom stereocenters. The van der Waals surface area contributed by atoms with E-state index in [1.165, 1.54) is 0 Å². The zero-order valence-electron chi connectivity index (χ0n) is 12.5. The number of methoxy groups -OCH3 is 3. The van der Waals surface area contributed by atoms with Crippen molar-refractivity contribution in [3.8, 4) is 0 Å². The van der Waals surface area contributed by atoms with Gasteiger partial charge in [-0.2, -0.15) is 0 Å². The summed E-state index contributed by atoms with van der Waals surface area (Å²) in [6.07, 6.45) is 0.0836. The van der Waals surface area contributed by atoms with E-state index >= 15 is 0 Å². The van der Waals surface area contributed by atoms with Crippen LogP contribution in [0.5, 0.6) is 0 Å². The molecule has 1 heterocycles. The largest absolute Gasteiger partial charge is 0.382 e. The Morgan fingerprint density at radius 3 is 2.37 bits per heavy atom. The molecule has 110 valence electrons. The number of hydrogen-bond acceptors (Lipinski definition) is 5. The van der Waals surface area contributed by atoms with Crippen LogP contribution >= 0.6 is 0 Å². The van der Waals surface area contributed by atoms with Gasteiger partial charge in [-0.3, -0.25) is 0 Å². The minimum Gasteiger partial charge on any atom is -0.382 e. The third-order valence-electron chi connectivity index (χ3n) is 3.55. The van der Waals surface area contributed by atoms with Crippen molar-refractivity contribution in [1.29, 1.82) is 0 Å². The lowest BCUT2D eigenvalue weighted by molar-refractivity contribution is -0.117. The SMILES string of the molecule is [B][C@@H]1O[C@H](COC)C(OC)[C@@H]1O[C@@H](C)[C@@H](CC)OC. The normalized spacial score (nSPS) is 34.4. The van der Waals surface area contributed by atoms with Crippen LogP contribution in [0.3, 0.4) is 0 Å². The van der Waals surface area contributed by atoms with Gasteiger partial charge in [0.05, 0.1) is 18.8 Å². The monoisotopic (exact) mass is 272 g/mol. The highest BCUT2D eigenvalue weighted by Gasteiger charge is 2.44. The van der Waals surface area contributed by atoms with Gasteiger partial charge in [-0.15, -0.1) is 0 Å². The Kier molecular flexibility index (Phi) is 7.32. The average Bonchev–Trinajstić information content (AvgIpc) is 2.67. The molecule has 0 saturated carbocycles. The van der Waals surface area contributed by atoms with Gasteiger partial charge in [-0.1, -0.05) is 6.92 Å². The summed E-state index contributed by atoms with van der Waals surface area (Å²) in [5.74, 6) is 0. The van der Waals surface area contributed by atoms with Crippen molar-refractivity contribution in [2.24, 2.45) is 0 Å². The van der Waals surface area contributed by atoms with Crippen LogP contribution < -0.4 is 0 Å². The van der Waals surface area contributed by atoms with Crippen molar-refractivity contribution in [1.82, 2.24) is 0 Å². The highest BCUT2D eigenvalue weighted by molar-refractivity contribution is 6.11. The predicted octanol–water partition coefficient (Wildman–Crippen LogP) is 0.740. The van der Waals surface area contributed by atoms with Crippen molar-refractivity contribution in [2.45, 2.75) is 56.8 Å². The highest BCUT2D eigenvalue weighted by atomic mass is 16.6. The Morgan fingerprint density at radius 2 is 1.89 bits per heavy atom. The lowest BCUT2D eigenvalue weighted by Crippen LogP contribution is -2.43. The van der Waals surface area contributed by atoms with Crippen molar-refractivity contribution in [2.75, 3.05) is 27.9 Å². The quantitative estimate of drug-likeness (QED) is 0.610. The molecule has 1 saturated heterocycles.